The average Bonchev–Trinajstić information content (AvgIpc) is 3.30. The van der Waals surface area contributed by atoms with Crippen LogP contribution in [0.25, 0.3) is 12.2 Å². The fourth-order valence-electron chi connectivity index (χ4n) is 3.91. The number of aromatic nitrogens is 2. The van der Waals surface area contributed by atoms with Crippen LogP contribution in [0.5, 0.6) is 0 Å². The van der Waals surface area contributed by atoms with Crippen molar-refractivity contribution < 1.29 is 14.3 Å². The van der Waals surface area contributed by atoms with E-state index in [1.54, 1.807) is 29.7 Å². The second-order valence-corrected chi connectivity index (χ2v) is 8.29. The van der Waals surface area contributed by atoms with Crippen molar-refractivity contribution in [2.75, 3.05) is 31.6 Å². The van der Waals surface area contributed by atoms with Crippen LogP contribution in [-0.2, 0) is 19.7 Å². The first-order chi connectivity index (χ1) is 14.1. The molecule has 1 N–H and O–H groups in total. The van der Waals surface area contributed by atoms with Gasteiger partial charge in [0.15, 0.2) is 0 Å². The van der Waals surface area contributed by atoms with E-state index >= 15 is 0 Å². The van der Waals surface area contributed by atoms with E-state index in [0.717, 1.165) is 29.7 Å². The Morgan fingerprint density at radius 3 is 2.79 bits per heavy atom. The third-order valence-corrected chi connectivity index (χ3v) is 6.33. The minimum absolute atomic E-state index is 0.00546. The number of amides is 2. The molecule has 148 valence electrons. The van der Waals surface area contributed by atoms with Crippen LogP contribution in [0.2, 0.25) is 0 Å². The third kappa shape index (κ3) is 3.28. The summed E-state index contributed by atoms with van der Waals surface area (Å²) in [5, 5.41) is 4.84. The van der Waals surface area contributed by atoms with Gasteiger partial charge < -0.3 is 15.0 Å². The van der Waals surface area contributed by atoms with E-state index in [2.05, 4.69) is 21.4 Å². The number of pyridine rings is 1. The Bertz CT molecular complexity index is 1010. The number of nitrogens with one attached hydrogen (secondary N) is 1. The Balaban J connectivity index is 1.24. The molecular formula is C21H20N4O3S. The molecule has 0 atom stereocenters. The predicted octanol–water partition coefficient (Wildman–Crippen LogP) is 2.48. The van der Waals surface area contributed by atoms with Gasteiger partial charge in [-0.1, -0.05) is 5.57 Å². The molecule has 3 aliphatic heterocycles. The molecule has 0 aromatic carbocycles. The first-order valence-corrected chi connectivity index (χ1v) is 10.5. The van der Waals surface area contributed by atoms with Crippen LogP contribution in [-0.4, -0.2) is 53.0 Å². The van der Waals surface area contributed by atoms with Crippen LogP contribution >= 0.6 is 11.3 Å². The normalized spacial score (nSPS) is 19.9. The molecular weight excluding hydrogens is 388 g/mol. The molecule has 0 saturated carbocycles. The lowest BCUT2D eigenvalue weighted by Crippen LogP contribution is -2.51. The summed E-state index contributed by atoms with van der Waals surface area (Å²) in [5.74, 6) is 0.532. The number of thiazole rings is 1. The maximum atomic E-state index is 12.6. The van der Waals surface area contributed by atoms with Crippen LogP contribution in [0, 0.1) is 0 Å². The van der Waals surface area contributed by atoms with Crippen molar-refractivity contribution in [3.05, 3.63) is 51.6 Å². The molecule has 0 radical (unpaired) electrons. The number of hydrogen-bond donors (Lipinski definition) is 1. The van der Waals surface area contributed by atoms with Crippen molar-refractivity contribution in [2.45, 2.75) is 18.3 Å². The molecule has 1 spiro atoms. The molecule has 5 rings (SSSR count). The highest BCUT2D eigenvalue weighted by Crippen LogP contribution is 2.42. The Morgan fingerprint density at radius 1 is 1.28 bits per heavy atom. The maximum Gasteiger partial charge on any atom is 0.246 e. The van der Waals surface area contributed by atoms with E-state index in [4.69, 9.17) is 4.74 Å². The van der Waals surface area contributed by atoms with Crippen molar-refractivity contribution in [1.82, 2.24) is 14.9 Å². The van der Waals surface area contributed by atoms with Crippen molar-refractivity contribution >= 4 is 41.1 Å². The monoisotopic (exact) mass is 408 g/mol. The lowest BCUT2D eigenvalue weighted by atomic mass is 9.80. The van der Waals surface area contributed by atoms with Gasteiger partial charge in [0, 0.05) is 36.3 Å². The molecule has 2 fully saturated rings. The van der Waals surface area contributed by atoms with Crippen LogP contribution in [0.3, 0.4) is 0 Å². The smallest absolute Gasteiger partial charge is 0.246 e. The molecule has 29 heavy (non-hydrogen) atoms. The number of piperidine rings is 1. The van der Waals surface area contributed by atoms with Crippen molar-refractivity contribution in [1.29, 1.82) is 0 Å². The molecule has 2 amide bonds. The molecule has 0 unspecified atom stereocenters. The molecule has 3 aliphatic rings. The van der Waals surface area contributed by atoms with E-state index in [1.807, 2.05) is 21.9 Å². The SMILES string of the molecule is O=C(/C=C/c1cnc2c(c1)C1(COC1)C(=O)N2)N1CCC(=Cc2cscn2)CC1. The summed E-state index contributed by atoms with van der Waals surface area (Å²) >= 11 is 1.59. The molecule has 0 aliphatic carbocycles. The number of anilines is 1. The van der Waals surface area contributed by atoms with Gasteiger partial charge in [-0.05, 0) is 36.6 Å². The Hall–Kier alpha value is -2.84. The van der Waals surface area contributed by atoms with Gasteiger partial charge in [-0.25, -0.2) is 9.97 Å². The summed E-state index contributed by atoms with van der Waals surface area (Å²) in [6, 6.07) is 1.93. The van der Waals surface area contributed by atoms with Crippen molar-refractivity contribution in [3.63, 3.8) is 0 Å². The third-order valence-electron chi connectivity index (χ3n) is 5.73. The fourth-order valence-corrected chi connectivity index (χ4v) is 4.42. The summed E-state index contributed by atoms with van der Waals surface area (Å²) in [6.45, 7) is 2.18. The minimum atomic E-state index is -0.608. The molecule has 2 aromatic heterocycles. The second-order valence-electron chi connectivity index (χ2n) is 7.57. The lowest BCUT2D eigenvalue weighted by Gasteiger charge is -2.35. The summed E-state index contributed by atoms with van der Waals surface area (Å²) in [7, 11) is 0. The quantitative estimate of drug-likeness (QED) is 0.789. The number of fused-ring (bicyclic) bond motifs is 2. The van der Waals surface area contributed by atoms with Gasteiger partial charge in [-0.3, -0.25) is 9.59 Å². The molecule has 5 heterocycles. The zero-order valence-electron chi connectivity index (χ0n) is 15.8. The van der Waals surface area contributed by atoms with Gasteiger partial charge >= 0.3 is 0 Å². The largest absolute Gasteiger partial charge is 0.378 e. The minimum Gasteiger partial charge on any atom is -0.378 e. The number of ether oxygens (including phenoxy) is 1. The topological polar surface area (TPSA) is 84.4 Å². The zero-order chi connectivity index (χ0) is 19.8. The molecule has 7 nitrogen and oxygen atoms in total. The number of hydrogen-bond acceptors (Lipinski definition) is 6. The van der Waals surface area contributed by atoms with E-state index in [-0.39, 0.29) is 11.8 Å². The van der Waals surface area contributed by atoms with E-state index in [9.17, 15) is 9.59 Å². The predicted molar refractivity (Wildman–Crippen MR) is 110 cm³/mol. The molecule has 0 bridgehead atoms. The number of carbonyl (C=O) groups excluding carboxylic acids is 2. The van der Waals surface area contributed by atoms with Gasteiger partial charge in [0.05, 0.1) is 24.4 Å². The molecule has 8 heteroatoms. The Labute approximate surface area is 172 Å². The van der Waals surface area contributed by atoms with Crippen LogP contribution in [0.15, 0.2) is 34.8 Å². The van der Waals surface area contributed by atoms with Crippen LogP contribution in [0.4, 0.5) is 5.82 Å². The Kier molecular flexibility index (Phi) is 4.52. The number of carbonyl (C=O) groups is 2. The summed E-state index contributed by atoms with van der Waals surface area (Å²) in [4.78, 5) is 35.3. The van der Waals surface area contributed by atoms with Crippen LogP contribution in [0.1, 0.15) is 29.7 Å². The average molecular weight is 408 g/mol. The van der Waals surface area contributed by atoms with Gasteiger partial charge in [0.2, 0.25) is 11.8 Å². The zero-order valence-corrected chi connectivity index (χ0v) is 16.6. The van der Waals surface area contributed by atoms with Gasteiger partial charge in [0.1, 0.15) is 11.2 Å². The molecule has 2 saturated heterocycles. The standard InChI is InChI=1S/C21H20N4O3S/c26-18(25-5-3-14(4-6-25)7-16-10-29-13-23-16)2-1-15-8-17-19(22-9-15)24-20(27)21(17)11-28-12-21/h1-2,7-10,13H,3-6,11-12H2,(H,22,24,27)/b2-1+. The highest BCUT2D eigenvalue weighted by atomic mass is 32.1. The van der Waals surface area contributed by atoms with E-state index in [0.29, 0.717) is 32.1 Å². The van der Waals surface area contributed by atoms with E-state index in [1.165, 1.54) is 5.57 Å². The maximum absolute atomic E-state index is 12.6. The number of nitrogens with zero attached hydrogens (tertiary/aromatic N) is 3. The van der Waals surface area contributed by atoms with Crippen molar-refractivity contribution in [2.24, 2.45) is 0 Å². The number of rotatable bonds is 3. The van der Waals surface area contributed by atoms with Crippen LogP contribution < -0.4 is 5.32 Å². The van der Waals surface area contributed by atoms with Gasteiger partial charge in [-0.2, -0.15) is 0 Å². The number of likely N-dealkylation sites (tertiary alicyclic amines) is 1. The van der Waals surface area contributed by atoms with Crippen molar-refractivity contribution in [3.8, 4) is 0 Å². The highest BCUT2D eigenvalue weighted by Gasteiger charge is 2.53. The van der Waals surface area contributed by atoms with Gasteiger partial charge in [0.25, 0.3) is 0 Å². The summed E-state index contributed by atoms with van der Waals surface area (Å²) in [5.41, 5.74) is 5.21. The van der Waals surface area contributed by atoms with E-state index < -0.39 is 5.41 Å². The first-order valence-electron chi connectivity index (χ1n) is 9.58. The molecule has 2 aromatic rings. The first kappa shape index (κ1) is 18.2. The highest BCUT2D eigenvalue weighted by molar-refractivity contribution is 7.07. The Morgan fingerprint density at radius 2 is 2.10 bits per heavy atom. The summed E-state index contributed by atoms with van der Waals surface area (Å²) in [6.07, 6.45) is 8.90. The summed E-state index contributed by atoms with van der Waals surface area (Å²) < 4.78 is 5.27. The fraction of sp³-hybridized carbons (Fsp3) is 0.333. The second kappa shape index (κ2) is 7.20. The van der Waals surface area contributed by atoms with Gasteiger partial charge in [-0.15, -0.1) is 11.3 Å². The lowest BCUT2D eigenvalue weighted by molar-refractivity contribution is -0.138.